The fourth-order valence-corrected chi connectivity index (χ4v) is 3.81. The number of piperidine rings is 1. The summed E-state index contributed by atoms with van der Waals surface area (Å²) in [5.41, 5.74) is 0.512. The lowest BCUT2D eigenvalue weighted by Gasteiger charge is -2.33. The zero-order chi connectivity index (χ0) is 20.8. The van der Waals surface area contributed by atoms with Gasteiger partial charge in [0.15, 0.2) is 0 Å². The maximum absolute atomic E-state index is 12.4. The number of carbonyl (C=O) groups is 2. The Labute approximate surface area is 177 Å². The smallest absolute Gasteiger partial charge is 0.251 e. The van der Waals surface area contributed by atoms with Gasteiger partial charge in [-0.3, -0.25) is 9.59 Å². The van der Waals surface area contributed by atoms with Crippen LogP contribution in [0.4, 0.5) is 0 Å². The minimum atomic E-state index is -0.265. The first-order valence-electron chi connectivity index (χ1n) is 10.2. The van der Waals surface area contributed by atoms with Gasteiger partial charge in [0.2, 0.25) is 0 Å². The number of halogens is 1. The van der Waals surface area contributed by atoms with Crippen molar-refractivity contribution < 1.29 is 19.1 Å². The maximum atomic E-state index is 12.4. The summed E-state index contributed by atoms with van der Waals surface area (Å²) >= 11 is 6.35. The second-order valence-corrected chi connectivity index (χ2v) is 8.26. The van der Waals surface area contributed by atoms with Crippen LogP contribution in [-0.2, 0) is 9.53 Å². The summed E-state index contributed by atoms with van der Waals surface area (Å²) in [5.74, 6) is 0.519. The molecule has 29 heavy (non-hydrogen) atoms. The van der Waals surface area contributed by atoms with Crippen molar-refractivity contribution in [1.82, 2.24) is 15.1 Å². The predicted molar refractivity (Wildman–Crippen MR) is 112 cm³/mol. The van der Waals surface area contributed by atoms with Gasteiger partial charge in [-0.2, -0.15) is 0 Å². The zero-order valence-electron chi connectivity index (χ0n) is 17.2. The lowest BCUT2D eigenvalue weighted by atomic mass is 10.1. The molecule has 0 aliphatic carbocycles. The van der Waals surface area contributed by atoms with E-state index in [-0.39, 0.29) is 24.0 Å². The summed E-state index contributed by atoms with van der Waals surface area (Å²) in [7, 11) is 3.91. The summed E-state index contributed by atoms with van der Waals surface area (Å²) in [6.45, 7) is 3.35. The van der Waals surface area contributed by atoms with E-state index in [1.54, 1.807) is 18.2 Å². The number of nitrogens with one attached hydrogen (secondary N) is 1. The molecule has 1 atom stereocenters. The highest BCUT2D eigenvalue weighted by atomic mass is 35.5. The first-order chi connectivity index (χ1) is 13.9. The molecular weight excluding hydrogens is 394 g/mol. The molecule has 1 unspecified atom stereocenters. The number of hydrogen-bond donors (Lipinski definition) is 1. The normalized spacial score (nSPS) is 20.1. The number of carbonyl (C=O) groups excluding carboxylic acids is 2. The van der Waals surface area contributed by atoms with Gasteiger partial charge < -0.3 is 24.6 Å². The van der Waals surface area contributed by atoms with E-state index in [2.05, 4.69) is 5.32 Å². The molecule has 8 heteroatoms. The van der Waals surface area contributed by atoms with Crippen LogP contribution in [0.3, 0.4) is 0 Å². The van der Waals surface area contributed by atoms with Gasteiger partial charge in [-0.05, 0) is 45.1 Å². The molecule has 0 saturated carbocycles. The lowest BCUT2D eigenvalue weighted by Crippen LogP contribution is -2.45. The molecule has 1 aromatic rings. The Bertz CT molecular complexity index is 714. The number of benzene rings is 1. The van der Waals surface area contributed by atoms with E-state index in [0.717, 1.165) is 32.2 Å². The molecule has 0 bridgehead atoms. The van der Waals surface area contributed by atoms with Gasteiger partial charge in [-0.15, -0.1) is 0 Å². The summed E-state index contributed by atoms with van der Waals surface area (Å²) in [5, 5.41) is 3.29. The third-order valence-electron chi connectivity index (χ3n) is 5.29. The molecule has 2 amide bonds. The highest BCUT2D eigenvalue weighted by Gasteiger charge is 2.31. The predicted octanol–water partition coefficient (Wildman–Crippen LogP) is 2.18. The van der Waals surface area contributed by atoms with Crippen molar-refractivity contribution in [3.8, 4) is 5.75 Å². The number of ether oxygens (including phenoxy) is 2. The van der Waals surface area contributed by atoms with Crippen LogP contribution in [-0.4, -0.2) is 80.7 Å². The third-order valence-corrected chi connectivity index (χ3v) is 5.59. The van der Waals surface area contributed by atoms with Gasteiger partial charge >= 0.3 is 0 Å². The lowest BCUT2D eigenvalue weighted by molar-refractivity contribution is -0.142. The average molecular weight is 424 g/mol. The molecule has 1 N–H and O–H groups in total. The van der Waals surface area contributed by atoms with E-state index in [1.807, 2.05) is 23.9 Å². The van der Waals surface area contributed by atoms with Crippen LogP contribution in [0, 0.1) is 0 Å². The van der Waals surface area contributed by atoms with Gasteiger partial charge in [-0.25, -0.2) is 0 Å². The Morgan fingerprint density at radius 1 is 1.28 bits per heavy atom. The average Bonchev–Trinajstić information content (AvgIpc) is 3.24. The molecule has 1 aromatic carbocycles. The van der Waals surface area contributed by atoms with Crippen LogP contribution in [0.1, 0.15) is 36.0 Å². The number of nitrogens with zero attached hydrogens (tertiary/aromatic N) is 2. The summed E-state index contributed by atoms with van der Waals surface area (Å²) in [6.07, 6.45) is 3.01. The maximum Gasteiger partial charge on any atom is 0.251 e. The van der Waals surface area contributed by atoms with Crippen molar-refractivity contribution in [3.63, 3.8) is 0 Å². The molecule has 7 nitrogen and oxygen atoms in total. The van der Waals surface area contributed by atoms with Crippen LogP contribution < -0.4 is 10.1 Å². The van der Waals surface area contributed by atoms with Crippen LogP contribution >= 0.6 is 11.6 Å². The first kappa shape index (κ1) is 21.9. The molecule has 2 saturated heterocycles. The van der Waals surface area contributed by atoms with Gasteiger partial charge in [0, 0.05) is 51.2 Å². The van der Waals surface area contributed by atoms with Gasteiger partial charge in [0.05, 0.1) is 5.02 Å². The first-order valence-corrected chi connectivity index (χ1v) is 10.6. The molecule has 2 aliphatic rings. The fraction of sp³-hybridized carbons (Fsp3) is 0.619. The zero-order valence-corrected chi connectivity index (χ0v) is 17.9. The Morgan fingerprint density at radius 3 is 2.66 bits per heavy atom. The monoisotopic (exact) mass is 423 g/mol. The van der Waals surface area contributed by atoms with Crippen molar-refractivity contribution in [2.75, 3.05) is 46.9 Å². The van der Waals surface area contributed by atoms with Gasteiger partial charge in [0.25, 0.3) is 11.8 Å². The molecular formula is C21H30ClN3O4. The Hall–Kier alpha value is -1.83. The van der Waals surface area contributed by atoms with Crippen molar-refractivity contribution >= 4 is 23.4 Å². The highest BCUT2D eigenvalue weighted by Crippen LogP contribution is 2.29. The topological polar surface area (TPSA) is 71.1 Å². The minimum Gasteiger partial charge on any atom is -0.489 e. The Kier molecular flexibility index (Phi) is 7.75. The minimum absolute atomic E-state index is 0.000754. The SMILES string of the molecule is CN(C)CCNC(=O)c1ccc(OC2CCN(C(=O)C3CCCO3)CC2)c(Cl)c1. The van der Waals surface area contributed by atoms with E-state index in [0.29, 0.717) is 42.6 Å². The number of hydrogen-bond acceptors (Lipinski definition) is 5. The molecule has 0 radical (unpaired) electrons. The number of amides is 2. The molecule has 0 aromatic heterocycles. The van der Waals surface area contributed by atoms with Crippen LogP contribution in [0.2, 0.25) is 5.02 Å². The second-order valence-electron chi connectivity index (χ2n) is 7.85. The third kappa shape index (κ3) is 6.07. The van der Waals surface area contributed by atoms with E-state index < -0.39 is 0 Å². The van der Waals surface area contributed by atoms with E-state index in [4.69, 9.17) is 21.1 Å². The molecule has 3 rings (SSSR count). The summed E-state index contributed by atoms with van der Waals surface area (Å²) < 4.78 is 11.5. The highest BCUT2D eigenvalue weighted by molar-refractivity contribution is 6.32. The van der Waals surface area contributed by atoms with E-state index in [9.17, 15) is 9.59 Å². The van der Waals surface area contributed by atoms with Gasteiger partial charge in [0.1, 0.15) is 18.0 Å². The molecule has 2 fully saturated rings. The quantitative estimate of drug-likeness (QED) is 0.727. The number of rotatable bonds is 7. The fourth-order valence-electron chi connectivity index (χ4n) is 3.58. The van der Waals surface area contributed by atoms with Crippen LogP contribution in [0.5, 0.6) is 5.75 Å². The number of likely N-dealkylation sites (N-methyl/N-ethyl adjacent to an activating group) is 1. The standard InChI is InChI=1S/C21H30ClN3O4/c1-24(2)12-9-23-20(26)15-5-6-18(17(22)14-15)29-16-7-10-25(11-8-16)21(27)19-4-3-13-28-19/h5-6,14,16,19H,3-4,7-13H2,1-2H3,(H,23,26). The molecule has 2 heterocycles. The van der Waals surface area contributed by atoms with Crippen LogP contribution in [0.25, 0.3) is 0 Å². The molecule has 0 spiro atoms. The second kappa shape index (κ2) is 10.3. The van der Waals surface area contributed by atoms with Crippen molar-refractivity contribution in [3.05, 3.63) is 28.8 Å². The summed E-state index contributed by atoms with van der Waals surface area (Å²) in [6, 6.07) is 5.10. The Morgan fingerprint density at radius 2 is 2.03 bits per heavy atom. The van der Waals surface area contributed by atoms with Gasteiger partial charge in [-0.1, -0.05) is 11.6 Å². The van der Waals surface area contributed by atoms with Crippen molar-refractivity contribution in [2.24, 2.45) is 0 Å². The van der Waals surface area contributed by atoms with Crippen molar-refractivity contribution in [1.29, 1.82) is 0 Å². The number of likely N-dealkylation sites (tertiary alicyclic amines) is 1. The van der Waals surface area contributed by atoms with E-state index in [1.165, 1.54) is 0 Å². The van der Waals surface area contributed by atoms with Crippen LogP contribution in [0.15, 0.2) is 18.2 Å². The largest absolute Gasteiger partial charge is 0.489 e. The molecule has 160 valence electrons. The summed E-state index contributed by atoms with van der Waals surface area (Å²) in [4.78, 5) is 28.5. The van der Waals surface area contributed by atoms with Crippen molar-refractivity contribution in [2.45, 2.75) is 37.9 Å². The Balaban J connectivity index is 1.48. The van der Waals surface area contributed by atoms with E-state index >= 15 is 0 Å². The molecule has 2 aliphatic heterocycles.